The van der Waals surface area contributed by atoms with E-state index in [0.29, 0.717) is 0 Å². The van der Waals surface area contributed by atoms with Gasteiger partial charge in [-0.05, 0) is 42.5 Å². The highest BCUT2D eigenvalue weighted by molar-refractivity contribution is 6.26. The molecule has 3 heterocycles. The number of benzene rings is 5. The maximum absolute atomic E-state index is 2.47. The average molecular weight is 436 g/mol. The minimum atomic E-state index is 0.783. The SMILES string of the molecule is c1ccc(N2CN(c3cccc4c3c3cccc5c6ccccc6n4c53)c3ccccc32)cc1. The van der Waals surface area contributed by atoms with Crippen LogP contribution in [-0.2, 0) is 0 Å². The number of hydrogen-bond acceptors (Lipinski definition) is 2. The number of aromatic nitrogens is 1. The van der Waals surface area contributed by atoms with E-state index in [4.69, 9.17) is 0 Å². The molecule has 0 spiro atoms. The summed E-state index contributed by atoms with van der Waals surface area (Å²) in [5, 5.41) is 5.27. The lowest BCUT2D eigenvalue weighted by atomic mass is 10.1. The van der Waals surface area contributed by atoms with Gasteiger partial charge in [0.15, 0.2) is 0 Å². The smallest absolute Gasteiger partial charge is 0.100 e. The number of nitrogens with zero attached hydrogens (tertiary/aromatic N) is 3. The standard InChI is InChI=1S/C31H21N3/c1-2-10-21(11-3-1)32-20-33(27-17-7-6-16-26(27)32)28-18-9-19-29-30(28)24-14-8-13-23-22-12-4-5-15-25(22)34(29)31(23)24/h1-19H,20H2. The normalized spacial score (nSPS) is 13.6. The average Bonchev–Trinajstić information content (AvgIpc) is 3.56. The maximum atomic E-state index is 2.47. The first-order chi connectivity index (χ1) is 16.9. The van der Waals surface area contributed by atoms with Gasteiger partial charge in [0, 0.05) is 27.2 Å². The zero-order valence-corrected chi connectivity index (χ0v) is 18.5. The van der Waals surface area contributed by atoms with E-state index in [2.05, 4.69) is 129 Å². The molecule has 3 nitrogen and oxygen atoms in total. The molecule has 160 valence electrons. The number of anilines is 4. The summed E-state index contributed by atoms with van der Waals surface area (Å²) in [6.07, 6.45) is 0. The third kappa shape index (κ3) is 2.21. The highest BCUT2D eigenvalue weighted by atomic mass is 15.4. The molecule has 8 rings (SSSR count). The molecule has 5 aromatic carbocycles. The van der Waals surface area contributed by atoms with Crippen LogP contribution in [-0.4, -0.2) is 11.1 Å². The predicted octanol–water partition coefficient (Wildman–Crippen LogP) is 8.08. The summed E-state index contributed by atoms with van der Waals surface area (Å²) in [7, 11) is 0. The molecule has 34 heavy (non-hydrogen) atoms. The van der Waals surface area contributed by atoms with Crippen molar-refractivity contribution in [1.29, 1.82) is 0 Å². The monoisotopic (exact) mass is 435 g/mol. The van der Waals surface area contributed by atoms with Gasteiger partial charge in [0.2, 0.25) is 0 Å². The van der Waals surface area contributed by atoms with Crippen molar-refractivity contribution in [2.24, 2.45) is 0 Å². The lowest BCUT2D eigenvalue weighted by Crippen LogP contribution is -2.24. The summed E-state index contributed by atoms with van der Waals surface area (Å²) < 4.78 is 2.45. The second-order valence-electron chi connectivity index (χ2n) is 9.05. The Labute approximate surface area is 197 Å². The van der Waals surface area contributed by atoms with Gasteiger partial charge in [-0.1, -0.05) is 72.8 Å². The minimum absolute atomic E-state index is 0.783. The summed E-state index contributed by atoms with van der Waals surface area (Å²) in [4.78, 5) is 4.87. The molecule has 0 saturated carbocycles. The molecule has 0 aliphatic carbocycles. The van der Waals surface area contributed by atoms with Crippen molar-refractivity contribution in [3.8, 4) is 0 Å². The van der Waals surface area contributed by atoms with E-state index in [0.717, 1.165) is 6.67 Å². The lowest BCUT2D eigenvalue weighted by molar-refractivity contribution is 0.995. The fourth-order valence-electron chi connectivity index (χ4n) is 5.94. The fourth-order valence-corrected chi connectivity index (χ4v) is 5.94. The largest absolute Gasteiger partial charge is 0.321 e. The van der Waals surface area contributed by atoms with Gasteiger partial charge >= 0.3 is 0 Å². The van der Waals surface area contributed by atoms with Crippen LogP contribution in [0.5, 0.6) is 0 Å². The summed E-state index contributed by atoms with van der Waals surface area (Å²) in [6.45, 7) is 0.783. The van der Waals surface area contributed by atoms with Gasteiger partial charge in [-0.15, -0.1) is 0 Å². The van der Waals surface area contributed by atoms with Gasteiger partial charge in [0.1, 0.15) is 6.67 Å². The third-order valence-corrected chi connectivity index (χ3v) is 7.33. The molecule has 0 saturated heterocycles. The number of fused-ring (bicyclic) bond motifs is 7. The van der Waals surface area contributed by atoms with Crippen LogP contribution >= 0.6 is 0 Å². The lowest BCUT2D eigenvalue weighted by Gasteiger charge is -2.23. The van der Waals surface area contributed by atoms with Gasteiger partial charge in [0.05, 0.1) is 33.6 Å². The molecule has 7 aromatic rings. The first-order valence-electron chi connectivity index (χ1n) is 11.8. The van der Waals surface area contributed by atoms with E-state index in [1.54, 1.807) is 0 Å². The molecular weight excluding hydrogens is 414 g/mol. The Balaban J connectivity index is 1.44. The van der Waals surface area contributed by atoms with E-state index < -0.39 is 0 Å². The Hall–Kier alpha value is -4.50. The van der Waals surface area contributed by atoms with Gasteiger partial charge in [-0.25, -0.2) is 0 Å². The zero-order chi connectivity index (χ0) is 22.2. The molecule has 0 radical (unpaired) electrons. The van der Waals surface area contributed by atoms with E-state index in [1.807, 2.05) is 0 Å². The number of para-hydroxylation sites is 5. The third-order valence-electron chi connectivity index (χ3n) is 7.33. The Bertz CT molecular complexity index is 1850. The fraction of sp³-hybridized carbons (Fsp3) is 0.0323. The van der Waals surface area contributed by atoms with Crippen molar-refractivity contribution in [3.05, 3.63) is 115 Å². The van der Waals surface area contributed by atoms with E-state index >= 15 is 0 Å². The molecule has 0 fully saturated rings. The van der Waals surface area contributed by atoms with Crippen LogP contribution in [0.25, 0.3) is 38.1 Å². The van der Waals surface area contributed by atoms with Crippen LogP contribution in [0.3, 0.4) is 0 Å². The van der Waals surface area contributed by atoms with Crippen molar-refractivity contribution in [2.75, 3.05) is 16.5 Å². The molecule has 2 aromatic heterocycles. The van der Waals surface area contributed by atoms with Crippen molar-refractivity contribution < 1.29 is 0 Å². The summed E-state index contributed by atoms with van der Waals surface area (Å²) in [5.41, 5.74) is 8.81. The van der Waals surface area contributed by atoms with Gasteiger partial charge in [0.25, 0.3) is 0 Å². The van der Waals surface area contributed by atoms with Crippen molar-refractivity contribution in [3.63, 3.8) is 0 Å². The zero-order valence-electron chi connectivity index (χ0n) is 18.5. The molecule has 0 atom stereocenters. The van der Waals surface area contributed by atoms with Gasteiger partial charge in [-0.2, -0.15) is 0 Å². The molecule has 0 amide bonds. The summed E-state index contributed by atoms with van der Waals surface area (Å²) in [5.74, 6) is 0. The molecular formula is C31H21N3. The van der Waals surface area contributed by atoms with Crippen LogP contribution in [0, 0.1) is 0 Å². The van der Waals surface area contributed by atoms with Crippen molar-refractivity contribution in [1.82, 2.24) is 4.40 Å². The molecule has 1 aliphatic rings. The summed E-state index contributed by atoms with van der Waals surface area (Å²) >= 11 is 0. The molecule has 0 N–H and O–H groups in total. The number of rotatable bonds is 2. The van der Waals surface area contributed by atoms with Crippen LogP contribution < -0.4 is 9.80 Å². The minimum Gasteiger partial charge on any atom is -0.321 e. The second-order valence-corrected chi connectivity index (χ2v) is 9.05. The van der Waals surface area contributed by atoms with E-state index in [9.17, 15) is 0 Å². The Kier molecular flexibility index (Phi) is 3.45. The summed E-state index contributed by atoms with van der Waals surface area (Å²) in [6, 6.07) is 41.6. The van der Waals surface area contributed by atoms with Crippen LogP contribution in [0.15, 0.2) is 115 Å². The first kappa shape index (κ1) is 18.0. The van der Waals surface area contributed by atoms with E-state index in [1.165, 1.54) is 60.8 Å². The van der Waals surface area contributed by atoms with Gasteiger partial charge < -0.3 is 14.2 Å². The van der Waals surface area contributed by atoms with E-state index in [-0.39, 0.29) is 0 Å². The van der Waals surface area contributed by atoms with Gasteiger partial charge in [-0.3, -0.25) is 0 Å². The molecule has 3 heteroatoms. The Morgan fingerprint density at radius 2 is 1.06 bits per heavy atom. The molecule has 1 aliphatic heterocycles. The highest BCUT2D eigenvalue weighted by Crippen LogP contribution is 2.48. The van der Waals surface area contributed by atoms with Crippen LogP contribution in [0.4, 0.5) is 22.7 Å². The van der Waals surface area contributed by atoms with Crippen LogP contribution in [0.2, 0.25) is 0 Å². The Morgan fingerprint density at radius 1 is 0.441 bits per heavy atom. The highest BCUT2D eigenvalue weighted by Gasteiger charge is 2.30. The molecule has 0 bridgehead atoms. The Morgan fingerprint density at radius 3 is 1.94 bits per heavy atom. The topological polar surface area (TPSA) is 10.9 Å². The van der Waals surface area contributed by atoms with Crippen molar-refractivity contribution >= 4 is 60.8 Å². The first-order valence-corrected chi connectivity index (χ1v) is 11.8. The van der Waals surface area contributed by atoms with Crippen LogP contribution in [0.1, 0.15) is 0 Å². The predicted molar refractivity (Wildman–Crippen MR) is 143 cm³/mol. The molecule has 0 unspecified atom stereocenters. The maximum Gasteiger partial charge on any atom is 0.100 e. The second kappa shape index (κ2) is 6.52. The number of hydrogen-bond donors (Lipinski definition) is 0. The van der Waals surface area contributed by atoms with Crippen molar-refractivity contribution in [2.45, 2.75) is 0 Å². The quantitative estimate of drug-likeness (QED) is 0.272.